The Morgan fingerprint density at radius 3 is 2.67 bits per heavy atom. The minimum absolute atomic E-state index is 0.0133. The second-order valence-corrected chi connectivity index (χ2v) is 6.04. The van der Waals surface area contributed by atoms with Crippen LogP contribution in [0.5, 0.6) is 0 Å². The molecule has 1 aromatic carbocycles. The fourth-order valence-corrected chi connectivity index (χ4v) is 3.52. The number of nitrogens with zero attached hydrogens (tertiary/aromatic N) is 1. The van der Waals surface area contributed by atoms with Crippen molar-refractivity contribution < 1.29 is 14.0 Å². The normalized spacial score (nSPS) is 21.0. The van der Waals surface area contributed by atoms with Crippen LogP contribution in [0, 0.1) is 5.82 Å². The van der Waals surface area contributed by atoms with Gasteiger partial charge in [0.1, 0.15) is 11.4 Å². The molecule has 1 aliphatic carbocycles. The summed E-state index contributed by atoms with van der Waals surface area (Å²) in [6.45, 7) is 0.255. The van der Waals surface area contributed by atoms with E-state index in [2.05, 4.69) is 5.32 Å². The maximum Gasteiger partial charge on any atom is 0.246 e. The zero-order chi connectivity index (χ0) is 15.0. The van der Waals surface area contributed by atoms with Crippen LogP contribution in [-0.2, 0) is 16.1 Å². The van der Waals surface area contributed by atoms with Crippen LogP contribution in [0.25, 0.3) is 0 Å². The Kier molecular flexibility index (Phi) is 3.61. The van der Waals surface area contributed by atoms with E-state index in [-0.39, 0.29) is 29.9 Å². The third-order valence-electron chi connectivity index (χ3n) is 4.41. The molecule has 1 N–H and O–H groups in total. The van der Waals surface area contributed by atoms with Crippen molar-refractivity contribution in [3.63, 3.8) is 0 Å². The SMILES string of the molecule is O=C1CNC(=O)C2(CCCC2)N1Cc1ccc(F)cc1Cl. The number of hydrogen-bond donors (Lipinski definition) is 1. The van der Waals surface area contributed by atoms with Crippen molar-refractivity contribution in [1.29, 1.82) is 0 Å². The Morgan fingerprint density at radius 1 is 1.29 bits per heavy atom. The molecule has 1 spiro atoms. The molecule has 4 nitrogen and oxygen atoms in total. The molecule has 1 aliphatic heterocycles. The number of piperazine rings is 1. The van der Waals surface area contributed by atoms with E-state index in [0.29, 0.717) is 18.4 Å². The van der Waals surface area contributed by atoms with E-state index in [0.717, 1.165) is 12.8 Å². The van der Waals surface area contributed by atoms with Crippen molar-refractivity contribution in [2.45, 2.75) is 37.8 Å². The van der Waals surface area contributed by atoms with Crippen LogP contribution in [0.1, 0.15) is 31.2 Å². The Hall–Kier alpha value is -1.62. The van der Waals surface area contributed by atoms with Gasteiger partial charge < -0.3 is 10.2 Å². The van der Waals surface area contributed by atoms with Gasteiger partial charge in [-0.15, -0.1) is 0 Å². The fraction of sp³-hybridized carbons (Fsp3) is 0.467. The zero-order valence-corrected chi connectivity index (χ0v) is 12.3. The van der Waals surface area contributed by atoms with Crippen molar-refractivity contribution >= 4 is 23.4 Å². The number of amides is 2. The summed E-state index contributed by atoms with van der Waals surface area (Å²) < 4.78 is 13.1. The lowest BCUT2D eigenvalue weighted by Crippen LogP contribution is -2.65. The standard InChI is InChI=1S/C15H16ClFN2O2/c16-12-7-11(17)4-3-10(12)9-19-13(20)8-18-14(21)15(19)5-1-2-6-15/h3-4,7H,1-2,5-6,8-9H2,(H,18,21). The summed E-state index contributed by atoms with van der Waals surface area (Å²) in [6, 6.07) is 4.11. The highest BCUT2D eigenvalue weighted by Crippen LogP contribution is 2.38. The van der Waals surface area contributed by atoms with Crippen LogP contribution in [0.3, 0.4) is 0 Å². The van der Waals surface area contributed by atoms with Crippen LogP contribution in [-0.4, -0.2) is 28.8 Å². The lowest BCUT2D eigenvalue weighted by Gasteiger charge is -2.43. The lowest BCUT2D eigenvalue weighted by molar-refractivity contribution is -0.154. The maximum absolute atomic E-state index is 13.1. The third kappa shape index (κ3) is 2.39. The van der Waals surface area contributed by atoms with Crippen LogP contribution in [0.2, 0.25) is 5.02 Å². The highest BCUT2D eigenvalue weighted by Gasteiger charge is 2.50. The molecule has 1 saturated heterocycles. The molecule has 0 atom stereocenters. The molecular weight excluding hydrogens is 295 g/mol. The number of nitrogens with one attached hydrogen (secondary N) is 1. The van der Waals surface area contributed by atoms with E-state index in [4.69, 9.17) is 11.6 Å². The summed E-state index contributed by atoms with van der Waals surface area (Å²) >= 11 is 6.05. The van der Waals surface area contributed by atoms with Crippen LogP contribution in [0.15, 0.2) is 18.2 Å². The lowest BCUT2D eigenvalue weighted by atomic mass is 9.90. The molecule has 0 unspecified atom stereocenters. The topological polar surface area (TPSA) is 49.4 Å². The molecule has 1 heterocycles. The second-order valence-electron chi connectivity index (χ2n) is 5.64. The number of benzene rings is 1. The average molecular weight is 311 g/mol. The number of hydrogen-bond acceptors (Lipinski definition) is 2. The van der Waals surface area contributed by atoms with Crippen molar-refractivity contribution in [3.8, 4) is 0 Å². The highest BCUT2D eigenvalue weighted by molar-refractivity contribution is 6.31. The molecule has 2 fully saturated rings. The summed E-state index contributed by atoms with van der Waals surface area (Å²) in [4.78, 5) is 26.2. The molecular formula is C15H16ClFN2O2. The number of rotatable bonds is 2. The predicted molar refractivity (Wildman–Crippen MR) is 76.2 cm³/mol. The van der Waals surface area contributed by atoms with Gasteiger partial charge in [0.05, 0.1) is 6.54 Å². The molecule has 0 bridgehead atoms. The first kappa shape index (κ1) is 14.3. The molecule has 2 amide bonds. The van der Waals surface area contributed by atoms with Gasteiger partial charge in [-0.05, 0) is 30.5 Å². The van der Waals surface area contributed by atoms with Crippen molar-refractivity contribution in [2.75, 3.05) is 6.54 Å². The minimum Gasteiger partial charge on any atom is -0.345 e. The summed E-state index contributed by atoms with van der Waals surface area (Å²) in [5.74, 6) is -0.614. The van der Waals surface area contributed by atoms with Gasteiger partial charge in [-0.3, -0.25) is 9.59 Å². The maximum atomic E-state index is 13.1. The van der Waals surface area contributed by atoms with Crippen molar-refractivity contribution in [2.24, 2.45) is 0 Å². The van der Waals surface area contributed by atoms with E-state index < -0.39 is 11.4 Å². The smallest absolute Gasteiger partial charge is 0.246 e. The number of carbonyl (C=O) groups is 2. The first-order chi connectivity index (χ1) is 10.0. The van der Waals surface area contributed by atoms with Gasteiger partial charge in [0, 0.05) is 11.6 Å². The van der Waals surface area contributed by atoms with Crippen LogP contribution >= 0.6 is 11.6 Å². The Bertz CT molecular complexity index is 599. The zero-order valence-electron chi connectivity index (χ0n) is 11.5. The van der Waals surface area contributed by atoms with Gasteiger partial charge >= 0.3 is 0 Å². The summed E-state index contributed by atoms with van der Waals surface area (Å²) in [5, 5.41) is 2.96. The molecule has 1 saturated carbocycles. The van der Waals surface area contributed by atoms with Gasteiger partial charge in [-0.1, -0.05) is 30.5 Å². The Labute approximate surface area is 127 Å². The Morgan fingerprint density at radius 2 is 2.00 bits per heavy atom. The number of carbonyl (C=O) groups excluding carboxylic acids is 2. The molecule has 21 heavy (non-hydrogen) atoms. The van der Waals surface area contributed by atoms with E-state index in [9.17, 15) is 14.0 Å². The van der Waals surface area contributed by atoms with E-state index in [1.54, 1.807) is 11.0 Å². The summed E-state index contributed by atoms with van der Waals surface area (Å²) in [7, 11) is 0. The monoisotopic (exact) mass is 310 g/mol. The van der Waals surface area contributed by atoms with Gasteiger partial charge in [-0.25, -0.2) is 4.39 Å². The Balaban J connectivity index is 1.93. The second kappa shape index (κ2) is 5.30. The van der Waals surface area contributed by atoms with Gasteiger partial charge in [-0.2, -0.15) is 0 Å². The summed E-state index contributed by atoms with van der Waals surface area (Å²) in [5.41, 5.74) is -0.0973. The minimum atomic E-state index is -0.757. The van der Waals surface area contributed by atoms with E-state index in [1.165, 1.54) is 12.1 Å². The molecule has 1 aromatic rings. The fourth-order valence-electron chi connectivity index (χ4n) is 3.29. The molecule has 0 aromatic heterocycles. The van der Waals surface area contributed by atoms with Gasteiger partial charge in [0.15, 0.2) is 0 Å². The molecule has 2 aliphatic rings. The third-order valence-corrected chi connectivity index (χ3v) is 4.77. The van der Waals surface area contributed by atoms with E-state index in [1.807, 2.05) is 0 Å². The number of halogens is 2. The van der Waals surface area contributed by atoms with Crippen LogP contribution < -0.4 is 5.32 Å². The highest BCUT2D eigenvalue weighted by atomic mass is 35.5. The molecule has 6 heteroatoms. The van der Waals surface area contributed by atoms with Gasteiger partial charge in [0.25, 0.3) is 0 Å². The quantitative estimate of drug-likeness (QED) is 0.911. The average Bonchev–Trinajstić information content (AvgIpc) is 2.92. The molecule has 0 radical (unpaired) electrons. The predicted octanol–water partition coefficient (Wildman–Crippen LogP) is 2.25. The summed E-state index contributed by atoms with van der Waals surface area (Å²) in [6.07, 6.45) is 3.19. The van der Waals surface area contributed by atoms with Gasteiger partial charge in [0.2, 0.25) is 11.8 Å². The molecule has 3 rings (SSSR count). The first-order valence-corrected chi connectivity index (χ1v) is 7.43. The van der Waals surface area contributed by atoms with E-state index >= 15 is 0 Å². The molecule has 112 valence electrons. The first-order valence-electron chi connectivity index (χ1n) is 7.06. The van der Waals surface area contributed by atoms with Crippen molar-refractivity contribution in [3.05, 3.63) is 34.6 Å². The van der Waals surface area contributed by atoms with Crippen molar-refractivity contribution in [1.82, 2.24) is 10.2 Å². The largest absolute Gasteiger partial charge is 0.345 e. The van der Waals surface area contributed by atoms with Crippen LogP contribution in [0.4, 0.5) is 4.39 Å².